The molecule has 20 heavy (non-hydrogen) atoms. The number of aromatic nitrogens is 2. The molecule has 1 N–H and O–H groups in total. The molecule has 0 amide bonds. The lowest BCUT2D eigenvalue weighted by molar-refractivity contribution is 0.0924. The lowest BCUT2D eigenvalue weighted by Crippen LogP contribution is -2.52. The van der Waals surface area contributed by atoms with Crippen molar-refractivity contribution in [3.05, 3.63) is 11.7 Å². The molecule has 0 spiro atoms. The first-order valence-corrected chi connectivity index (χ1v) is 7.98. The molecule has 2 unspecified atom stereocenters. The molecule has 2 saturated carbocycles. The Labute approximate surface area is 120 Å². The van der Waals surface area contributed by atoms with Crippen LogP contribution in [0.25, 0.3) is 0 Å². The molecule has 1 aromatic heterocycles. The summed E-state index contributed by atoms with van der Waals surface area (Å²) in [6.45, 7) is 8.60. The lowest BCUT2D eigenvalue weighted by atomic mass is 10.0. The third-order valence-electron chi connectivity index (χ3n) is 5.59. The van der Waals surface area contributed by atoms with E-state index in [2.05, 4.69) is 29.2 Å². The van der Waals surface area contributed by atoms with Gasteiger partial charge in [0.05, 0.1) is 5.54 Å². The fraction of sp³-hybridized carbons (Fsp3) is 0.867. The summed E-state index contributed by atoms with van der Waals surface area (Å²) in [5, 5.41) is 7.70. The molecular weight excluding hydrogens is 252 g/mol. The van der Waals surface area contributed by atoms with Crippen LogP contribution in [0.2, 0.25) is 0 Å². The minimum absolute atomic E-state index is 0.131. The van der Waals surface area contributed by atoms with E-state index in [9.17, 15) is 0 Å². The second-order valence-corrected chi connectivity index (χ2v) is 7.04. The highest BCUT2D eigenvalue weighted by Crippen LogP contribution is 2.62. The largest absolute Gasteiger partial charge is 0.339 e. The second-order valence-electron chi connectivity index (χ2n) is 7.04. The normalized spacial score (nSPS) is 34.2. The molecule has 1 aliphatic heterocycles. The Morgan fingerprint density at radius 1 is 1.20 bits per heavy atom. The van der Waals surface area contributed by atoms with Gasteiger partial charge in [-0.05, 0) is 38.5 Å². The predicted molar refractivity (Wildman–Crippen MR) is 75.3 cm³/mol. The summed E-state index contributed by atoms with van der Waals surface area (Å²) >= 11 is 0. The van der Waals surface area contributed by atoms with E-state index in [1.807, 2.05) is 0 Å². The molecule has 4 rings (SSSR count). The maximum atomic E-state index is 5.60. The van der Waals surface area contributed by atoms with Crippen LogP contribution in [-0.2, 0) is 5.54 Å². The average Bonchev–Trinajstić information content (AvgIpc) is 2.92. The van der Waals surface area contributed by atoms with Crippen molar-refractivity contribution in [1.82, 2.24) is 20.4 Å². The number of nitrogens with zero attached hydrogens (tertiary/aromatic N) is 3. The molecule has 2 heterocycles. The van der Waals surface area contributed by atoms with Gasteiger partial charge in [-0.3, -0.25) is 4.90 Å². The highest BCUT2D eigenvalue weighted by atomic mass is 16.5. The van der Waals surface area contributed by atoms with Gasteiger partial charge in [-0.15, -0.1) is 0 Å². The van der Waals surface area contributed by atoms with Gasteiger partial charge < -0.3 is 9.84 Å². The average molecular weight is 276 g/mol. The number of hydrogen-bond acceptors (Lipinski definition) is 5. The Morgan fingerprint density at radius 2 is 1.90 bits per heavy atom. The number of hydrogen-bond donors (Lipinski definition) is 1. The zero-order valence-corrected chi connectivity index (χ0v) is 12.4. The standard InChI is InChI=1S/C15H24N4O/c1-15(2,19-8-6-16-7-9-19)14-17-13(20-18-14)12-10-4-3-5-11(10)12/h10-12,16H,3-9H2,1-2H3. The molecule has 3 fully saturated rings. The molecule has 5 nitrogen and oxygen atoms in total. The number of piperazine rings is 1. The van der Waals surface area contributed by atoms with Crippen molar-refractivity contribution in [3.8, 4) is 0 Å². The van der Waals surface area contributed by atoms with Crippen LogP contribution in [0, 0.1) is 11.8 Å². The van der Waals surface area contributed by atoms with Crippen molar-refractivity contribution in [1.29, 1.82) is 0 Å². The van der Waals surface area contributed by atoms with E-state index in [-0.39, 0.29) is 5.54 Å². The number of rotatable bonds is 3. The van der Waals surface area contributed by atoms with Gasteiger partial charge in [0.2, 0.25) is 5.89 Å². The van der Waals surface area contributed by atoms with Crippen LogP contribution in [0.5, 0.6) is 0 Å². The molecule has 0 radical (unpaired) electrons. The fourth-order valence-corrected chi connectivity index (χ4v) is 4.17. The minimum atomic E-state index is -0.131. The topological polar surface area (TPSA) is 54.2 Å². The Morgan fingerprint density at radius 3 is 2.60 bits per heavy atom. The third kappa shape index (κ3) is 1.91. The fourth-order valence-electron chi connectivity index (χ4n) is 4.17. The first-order chi connectivity index (χ1) is 9.68. The van der Waals surface area contributed by atoms with E-state index in [0.717, 1.165) is 49.7 Å². The second kappa shape index (κ2) is 4.53. The van der Waals surface area contributed by atoms with E-state index >= 15 is 0 Å². The van der Waals surface area contributed by atoms with E-state index < -0.39 is 0 Å². The smallest absolute Gasteiger partial charge is 0.230 e. The summed E-state index contributed by atoms with van der Waals surface area (Å²) in [7, 11) is 0. The van der Waals surface area contributed by atoms with Crippen LogP contribution in [0.15, 0.2) is 4.52 Å². The van der Waals surface area contributed by atoms with Crippen molar-refractivity contribution < 1.29 is 4.52 Å². The molecule has 1 aromatic rings. The van der Waals surface area contributed by atoms with E-state index in [1.54, 1.807) is 0 Å². The summed E-state index contributed by atoms with van der Waals surface area (Å²) in [4.78, 5) is 7.21. The van der Waals surface area contributed by atoms with Gasteiger partial charge in [0.15, 0.2) is 5.82 Å². The predicted octanol–water partition coefficient (Wildman–Crippen LogP) is 1.72. The van der Waals surface area contributed by atoms with Crippen LogP contribution in [0.1, 0.15) is 50.7 Å². The van der Waals surface area contributed by atoms with Gasteiger partial charge in [0.1, 0.15) is 0 Å². The summed E-state index contributed by atoms with van der Waals surface area (Å²) in [5.41, 5.74) is -0.131. The van der Waals surface area contributed by atoms with E-state index in [4.69, 9.17) is 9.51 Å². The molecule has 5 heteroatoms. The third-order valence-corrected chi connectivity index (χ3v) is 5.59. The number of fused-ring (bicyclic) bond motifs is 1. The van der Waals surface area contributed by atoms with E-state index in [0.29, 0.717) is 5.92 Å². The molecule has 2 aliphatic carbocycles. The van der Waals surface area contributed by atoms with Crippen molar-refractivity contribution in [2.75, 3.05) is 26.2 Å². The van der Waals surface area contributed by atoms with E-state index in [1.165, 1.54) is 19.3 Å². The highest BCUT2D eigenvalue weighted by molar-refractivity contribution is 5.17. The molecule has 0 aromatic carbocycles. The van der Waals surface area contributed by atoms with Gasteiger partial charge in [-0.2, -0.15) is 4.98 Å². The summed E-state index contributed by atoms with van der Waals surface area (Å²) in [6, 6.07) is 0. The van der Waals surface area contributed by atoms with Gasteiger partial charge >= 0.3 is 0 Å². The Balaban J connectivity index is 1.52. The molecule has 1 saturated heterocycles. The molecule has 110 valence electrons. The maximum Gasteiger partial charge on any atom is 0.230 e. The summed E-state index contributed by atoms with van der Waals surface area (Å²) in [5.74, 6) is 4.01. The Hall–Kier alpha value is -0.940. The zero-order chi connectivity index (χ0) is 13.7. The SMILES string of the molecule is CC(C)(c1noc(C2C3CCCC32)n1)N1CCNCC1. The lowest BCUT2D eigenvalue weighted by Gasteiger charge is -2.38. The molecular formula is C15H24N4O. The van der Waals surface area contributed by atoms with Gasteiger partial charge in [-0.25, -0.2) is 0 Å². The van der Waals surface area contributed by atoms with Gasteiger partial charge in [0.25, 0.3) is 0 Å². The zero-order valence-electron chi connectivity index (χ0n) is 12.4. The van der Waals surface area contributed by atoms with Crippen molar-refractivity contribution in [2.24, 2.45) is 11.8 Å². The van der Waals surface area contributed by atoms with Crippen molar-refractivity contribution >= 4 is 0 Å². The number of nitrogens with one attached hydrogen (secondary N) is 1. The van der Waals surface area contributed by atoms with Gasteiger partial charge in [0, 0.05) is 32.1 Å². The molecule has 2 atom stereocenters. The van der Waals surface area contributed by atoms with Crippen LogP contribution in [0.4, 0.5) is 0 Å². The quantitative estimate of drug-likeness (QED) is 0.911. The van der Waals surface area contributed by atoms with Crippen molar-refractivity contribution in [2.45, 2.75) is 44.6 Å². The van der Waals surface area contributed by atoms with Crippen LogP contribution in [-0.4, -0.2) is 41.2 Å². The van der Waals surface area contributed by atoms with Gasteiger partial charge in [-0.1, -0.05) is 11.6 Å². The summed E-state index contributed by atoms with van der Waals surface area (Å²) in [6.07, 6.45) is 4.10. The first kappa shape index (κ1) is 12.8. The van der Waals surface area contributed by atoms with Crippen LogP contribution >= 0.6 is 0 Å². The highest BCUT2D eigenvalue weighted by Gasteiger charge is 2.56. The Bertz CT molecular complexity index is 482. The monoisotopic (exact) mass is 276 g/mol. The van der Waals surface area contributed by atoms with Crippen molar-refractivity contribution in [3.63, 3.8) is 0 Å². The molecule has 0 bridgehead atoms. The minimum Gasteiger partial charge on any atom is -0.339 e. The van der Waals surface area contributed by atoms with Crippen LogP contribution in [0.3, 0.4) is 0 Å². The van der Waals surface area contributed by atoms with Crippen LogP contribution < -0.4 is 5.32 Å². The molecule has 3 aliphatic rings. The maximum absolute atomic E-state index is 5.60. The first-order valence-electron chi connectivity index (χ1n) is 7.98. The Kier molecular flexibility index (Phi) is 2.89. The summed E-state index contributed by atoms with van der Waals surface area (Å²) < 4.78 is 5.60.